The molecule has 2 aromatic rings. The molecule has 18 heavy (non-hydrogen) atoms. The van der Waals surface area contributed by atoms with Crippen LogP contribution >= 0.6 is 0 Å². The van der Waals surface area contributed by atoms with Crippen LogP contribution in [0, 0.1) is 11.3 Å². The number of nitriles is 1. The van der Waals surface area contributed by atoms with E-state index in [9.17, 15) is 0 Å². The Bertz CT molecular complexity index is 582. The molecule has 90 valence electrons. The number of anilines is 1. The number of benzene rings is 2. The van der Waals surface area contributed by atoms with Crippen molar-refractivity contribution in [1.29, 1.82) is 5.26 Å². The van der Waals surface area contributed by atoms with Gasteiger partial charge < -0.3 is 10.5 Å². The zero-order valence-corrected chi connectivity index (χ0v) is 10.2. The fraction of sp³-hybridized carbons (Fsp3) is 0.133. The summed E-state index contributed by atoms with van der Waals surface area (Å²) < 4.78 is 5.67. The second-order valence-corrected chi connectivity index (χ2v) is 3.96. The highest BCUT2D eigenvalue weighted by Crippen LogP contribution is 2.28. The first kappa shape index (κ1) is 12.0. The van der Waals surface area contributed by atoms with E-state index in [1.54, 1.807) is 18.2 Å². The van der Waals surface area contributed by atoms with Crippen molar-refractivity contribution in [3.05, 3.63) is 53.6 Å². The maximum atomic E-state index is 8.75. The van der Waals surface area contributed by atoms with E-state index >= 15 is 0 Å². The van der Waals surface area contributed by atoms with E-state index in [1.807, 2.05) is 30.3 Å². The second kappa shape index (κ2) is 5.24. The van der Waals surface area contributed by atoms with Gasteiger partial charge >= 0.3 is 0 Å². The van der Waals surface area contributed by atoms with Crippen molar-refractivity contribution in [2.24, 2.45) is 0 Å². The first-order valence-corrected chi connectivity index (χ1v) is 5.79. The Morgan fingerprint density at radius 3 is 2.44 bits per heavy atom. The molecular formula is C15H14N2O. The average molecular weight is 238 g/mol. The smallest absolute Gasteiger partial charge is 0.150 e. The van der Waals surface area contributed by atoms with Gasteiger partial charge in [-0.2, -0.15) is 5.26 Å². The molecule has 0 aromatic heterocycles. The number of nitrogens with zero attached hydrogens (tertiary/aromatic N) is 1. The van der Waals surface area contributed by atoms with E-state index in [4.69, 9.17) is 15.7 Å². The molecule has 0 saturated carbocycles. The maximum absolute atomic E-state index is 8.75. The fourth-order valence-electron chi connectivity index (χ4n) is 1.63. The van der Waals surface area contributed by atoms with Crippen molar-refractivity contribution in [3.63, 3.8) is 0 Å². The molecule has 2 aromatic carbocycles. The molecule has 0 spiro atoms. The van der Waals surface area contributed by atoms with Gasteiger partial charge in [0.05, 0.1) is 17.3 Å². The van der Waals surface area contributed by atoms with Crippen molar-refractivity contribution >= 4 is 5.69 Å². The lowest BCUT2D eigenvalue weighted by atomic mass is 10.2. The van der Waals surface area contributed by atoms with Crippen LogP contribution in [-0.4, -0.2) is 0 Å². The Labute approximate surface area is 106 Å². The summed E-state index contributed by atoms with van der Waals surface area (Å²) in [5, 5.41) is 8.75. The fourth-order valence-corrected chi connectivity index (χ4v) is 1.63. The number of nitrogens with two attached hydrogens (primary N) is 1. The normalized spacial score (nSPS) is 9.78. The van der Waals surface area contributed by atoms with E-state index in [0.29, 0.717) is 17.0 Å². The Morgan fingerprint density at radius 2 is 1.89 bits per heavy atom. The van der Waals surface area contributed by atoms with Gasteiger partial charge in [0.25, 0.3) is 0 Å². The molecule has 3 heteroatoms. The van der Waals surface area contributed by atoms with Gasteiger partial charge in [-0.25, -0.2) is 0 Å². The van der Waals surface area contributed by atoms with E-state index < -0.39 is 0 Å². The molecule has 0 amide bonds. The maximum Gasteiger partial charge on any atom is 0.150 e. The molecule has 0 aliphatic heterocycles. The average Bonchev–Trinajstić information content (AvgIpc) is 2.42. The SMILES string of the molecule is CCc1ccc(Oc2ccc(C#N)cc2N)cc1. The predicted octanol–water partition coefficient (Wildman–Crippen LogP) is 3.50. The molecule has 0 atom stereocenters. The van der Waals surface area contributed by atoms with Crippen LogP contribution in [-0.2, 0) is 6.42 Å². The number of aryl methyl sites for hydroxylation is 1. The predicted molar refractivity (Wildman–Crippen MR) is 71.5 cm³/mol. The molecule has 0 aliphatic rings. The van der Waals surface area contributed by atoms with Crippen molar-refractivity contribution < 1.29 is 4.74 Å². The minimum atomic E-state index is 0.466. The molecule has 3 nitrogen and oxygen atoms in total. The summed E-state index contributed by atoms with van der Waals surface area (Å²) in [6.45, 7) is 2.11. The zero-order chi connectivity index (χ0) is 13.0. The van der Waals surface area contributed by atoms with Crippen LogP contribution < -0.4 is 10.5 Å². The molecular weight excluding hydrogens is 224 g/mol. The summed E-state index contributed by atoms with van der Waals surface area (Å²) in [6, 6.07) is 14.9. The third-order valence-corrected chi connectivity index (χ3v) is 2.70. The lowest BCUT2D eigenvalue weighted by Gasteiger charge is -2.09. The summed E-state index contributed by atoms with van der Waals surface area (Å²) in [5.74, 6) is 1.31. The van der Waals surface area contributed by atoms with Crippen LogP contribution in [0.2, 0.25) is 0 Å². The highest BCUT2D eigenvalue weighted by Gasteiger charge is 2.03. The Hall–Kier alpha value is -2.47. The lowest BCUT2D eigenvalue weighted by molar-refractivity contribution is 0.485. The molecule has 0 unspecified atom stereocenters. The van der Waals surface area contributed by atoms with E-state index in [-0.39, 0.29) is 0 Å². The van der Waals surface area contributed by atoms with Crippen LogP contribution in [0.25, 0.3) is 0 Å². The first-order chi connectivity index (χ1) is 8.72. The van der Waals surface area contributed by atoms with Gasteiger partial charge in [-0.15, -0.1) is 0 Å². The third-order valence-electron chi connectivity index (χ3n) is 2.70. The van der Waals surface area contributed by atoms with Crippen LogP contribution in [0.5, 0.6) is 11.5 Å². The van der Waals surface area contributed by atoms with Crippen LogP contribution in [0.3, 0.4) is 0 Å². The quantitative estimate of drug-likeness (QED) is 0.832. The van der Waals surface area contributed by atoms with Gasteiger partial charge in [-0.05, 0) is 42.3 Å². The minimum absolute atomic E-state index is 0.466. The van der Waals surface area contributed by atoms with Gasteiger partial charge in [-0.3, -0.25) is 0 Å². The summed E-state index contributed by atoms with van der Waals surface area (Å²) in [5.41, 5.74) is 8.08. The van der Waals surface area contributed by atoms with Crippen LogP contribution in [0.4, 0.5) is 5.69 Å². The number of hydrogen-bond acceptors (Lipinski definition) is 3. The largest absolute Gasteiger partial charge is 0.455 e. The third kappa shape index (κ3) is 2.61. The molecule has 0 saturated heterocycles. The summed E-state index contributed by atoms with van der Waals surface area (Å²) in [7, 11) is 0. The van der Waals surface area contributed by atoms with Crippen molar-refractivity contribution in [2.45, 2.75) is 13.3 Å². The molecule has 0 radical (unpaired) electrons. The van der Waals surface area contributed by atoms with Gasteiger partial charge in [0, 0.05) is 0 Å². The van der Waals surface area contributed by atoms with Gasteiger partial charge in [0.2, 0.25) is 0 Å². The van der Waals surface area contributed by atoms with Crippen LogP contribution in [0.15, 0.2) is 42.5 Å². The van der Waals surface area contributed by atoms with Gasteiger partial charge in [-0.1, -0.05) is 19.1 Å². The van der Waals surface area contributed by atoms with Crippen molar-refractivity contribution in [3.8, 4) is 17.6 Å². The summed E-state index contributed by atoms with van der Waals surface area (Å²) in [6.07, 6.45) is 0.999. The molecule has 0 heterocycles. The summed E-state index contributed by atoms with van der Waals surface area (Å²) in [4.78, 5) is 0. The van der Waals surface area contributed by atoms with E-state index in [0.717, 1.165) is 12.2 Å². The second-order valence-electron chi connectivity index (χ2n) is 3.96. The number of hydrogen-bond donors (Lipinski definition) is 1. The lowest BCUT2D eigenvalue weighted by Crippen LogP contribution is -1.93. The molecule has 0 bridgehead atoms. The zero-order valence-electron chi connectivity index (χ0n) is 10.2. The van der Waals surface area contributed by atoms with Gasteiger partial charge in [0.1, 0.15) is 11.5 Å². The van der Waals surface area contributed by atoms with Crippen molar-refractivity contribution in [1.82, 2.24) is 0 Å². The Morgan fingerprint density at radius 1 is 1.17 bits per heavy atom. The van der Waals surface area contributed by atoms with Gasteiger partial charge in [0.15, 0.2) is 0 Å². The molecule has 0 aliphatic carbocycles. The minimum Gasteiger partial charge on any atom is -0.455 e. The highest BCUT2D eigenvalue weighted by molar-refractivity contribution is 5.57. The van der Waals surface area contributed by atoms with E-state index in [1.165, 1.54) is 5.56 Å². The number of ether oxygens (including phenoxy) is 1. The van der Waals surface area contributed by atoms with Crippen molar-refractivity contribution in [2.75, 3.05) is 5.73 Å². The Balaban J connectivity index is 2.20. The molecule has 2 N–H and O–H groups in total. The molecule has 2 rings (SSSR count). The monoisotopic (exact) mass is 238 g/mol. The first-order valence-electron chi connectivity index (χ1n) is 5.79. The number of nitrogen functional groups attached to an aromatic ring is 1. The molecule has 0 fully saturated rings. The Kier molecular flexibility index (Phi) is 3.49. The van der Waals surface area contributed by atoms with Crippen LogP contribution in [0.1, 0.15) is 18.1 Å². The standard InChI is InChI=1S/C15H14N2O/c1-2-11-3-6-13(7-4-11)18-15-8-5-12(10-16)9-14(15)17/h3-9H,2,17H2,1H3. The van der Waals surface area contributed by atoms with E-state index in [2.05, 4.69) is 6.92 Å². The number of rotatable bonds is 3. The summed E-state index contributed by atoms with van der Waals surface area (Å²) >= 11 is 0. The highest BCUT2D eigenvalue weighted by atomic mass is 16.5. The topological polar surface area (TPSA) is 59.0 Å².